The van der Waals surface area contributed by atoms with E-state index in [1.807, 2.05) is 60.7 Å². The fourth-order valence-electron chi connectivity index (χ4n) is 6.10. The Balaban J connectivity index is 1.57. The molecule has 1 atom stereocenters. The molecular weight excluding hydrogens is 627 g/mol. The number of sulfonamides is 1. The second kappa shape index (κ2) is 16.3. The summed E-state index contributed by atoms with van der Waals surface area (Å²) < 4.78 is 40.6. The summed E-state index contributed by atoms with van der Waals surface area (Å²) in [7, 11) is -1.34. The first-order chi connectivity index (χ1) is 23.3. The van der Waals surface area contributed by atoms with Crippen LogP contribution >= 0.6 is 0 Å². The highest BCUT2D eigenvalue weighted by atomic mass is 32.2. The number of amides is 2. The van der Waals surface area contributed by atoms with E-state index >= 15 is 0 Å². The van der Waals surface area contributed by atoms with E-state index < -0.39 is 28.5 Å². The van der Waals surface area contributed by atoms with Crippen molar-refractivity contribution in [2.24, 2.45) is 0 Å². The van der Waals surface area contributed by atoms with Crippen molar-refractivity contribution < 1.29 is 27.5 Å². The third-order valence-corrected chi connectivity index (χ3v) is 10.5. The number of carbonyl (C=O) groups excluding carboxylic acids is 2. The summed E-state index contributed by atoms with van der Waals surface area (Å²) in [4.78, 5) is 30.4. The molecule has 1 N–H and O–H groups in total. The molecule has 1 aliphatic rings. The van der Waals surface area contributed by atoms with Gasteiger partial charge in [-0.05, 0) is 60.4 Å². The van der Waals surface area contributed by atoms with Gasteiger partial charge in [0.2, 0.25) is 11.8 Å². The summed E-state index contributed by atoms with van der Waals surface area (Å²) >= 11 is 0. The van der Waals surface area contributed by atoms with E-state index in [-0.39, 0.29) is 41.2 Å². The minimum atomic E-state index is -4.29. The largest absolute Gasteiger partial charge is 0.497 e. The van der Waals surface area contributed by atoms with Crippen molar-refractivity contribution in [3.05, 3.63) is 120 Å². The maximum absolute atomic E-state index is 14.7. The highest BCUT2D eigenvalue weighted by Gasteiger charge is 2.36. The first kappa shape index (κ1) is 34.5. The van der Waals surface area contributed by atoms with Crippen molar-refractivity contribution in [2.75, 3.05) is 25.1 Å². The Morgan fingerprint density at radius 1 is 0.771 bits per heavy atom. The Hall–Kier alpha value is -4.83. The molecule has 0 spiro atoms. The Morgan fingerprint density at radius 3 is 2.00 bits per heavy atom. The van der Waals surface area contributed by atoms with Gasteiger partial charge in [0.05, 0.1) is 24.8 Å². The average molecular weight is 670 g/mol. The predicted octanol–water partition coefficient (Wildman–Crippen LogP) is 5.99. The molecule has 10 heteroatoms. The molecule has 0 bridgehead atoms. The number of ether oxygens (including phenoxy) is 2. The van der Waals surface area contributed by atoms with E-state index in [0.29, 0.717) is 5.75 Å². The Morgan fingerprint density at radius 2 is 1.38 bits per heavy atom. The molecule has 0 radical (unpaired) electrons. The van der Waals surface area contributed by atoms with Crippen LogP contribution in [0.1, 0.15) is 43.2 Å². The third kappa shape index (κ3) is 8.55. The second-order valence-electron chi connectivity index (χ2n) is 11.9. The number of hydrogen-bond acceptors (Lipinski definition) is 6. The molecule has 252 valence electrons. The molecule has 0 aliphatic heterocycles. The van der Waals surface area contributed by atoms with Crippen LogP contribution in [0.4, 0.5) is 5.69 Å². The molecular formula is C38H43N3O6S. The van der Waals surface area contributed by atoms with E-state index in [0.717, 1.165) is 47.5 Å². The maximum Gasteiger partial charge on any atom is 0.264 e. The summed E-state index contributed by atoms with van der Waals surface area (Å²) in [5.74, 6) is 0.00182. The lowest BCUT2D eigenvalue weighted by Gasteiger charge is -2.35. The Kier molecular flexibility index (Phi) is 11.7. The van der Waals surface area contributed by atoms with Gasteiger partial charge in [-0.25, -0.2) is 8.42 Å². The molecule has 2 amide bonds. The summed E-state index contributed by atoms with van der Waals surface area (Å²) in [5.41, 5.74) is 1.91. The fourth-order valence-corrected chi connectivity index (χ4v) is 7.53. The van der Waals surface area contributed by atoms with Gasteiger partial charge in [-0.3, -0.25) is 13.9 Å². The standard InChI is InChI=1S/C38H43N3O6S/c1-46-32-22-24-33(25-23-32)48(44,45)41(34-20-12-13-21-36(34)47-2)28-37(42)40(27-30-16-8-4-9-17-30)35(26-29-14-6-3-7-15-29)38(43)39-31-18-10-5-11-19-31/h3-4,6-9,12-17,20-25,31,35H,5,10-11,18-19,26-28H2,1-2H3,(H,39,43). The minimum absolute atomic E-state index is 0.0208. The van der Waals surface area contributed by atoms with Gasteiger partial charge in [-0.15, -0.1) is 0 Å². The molecule has 4 aromatic carbocycles. The maximum atomic E-state index is 14.7. The third-order valence-electron chi connectivity index (χ3n) is 8.70. The second-order valence-corrected chi connectivity index (χ2v) is 13.8. The first-order valence-electron chi connectivity index (χ1n) is 16.3. The minimum Gasteiger partial charge on any atom is -0.497 e. The quantitative estimate of drug-likeness (QED) is 0.177. The fraction of sp³-hybridized carbons (Fsp3) is 0.316. The lowest BCUT2D eigenvalue weighted by atomic mass is 9.94. The lowest BCUT2D eigenvalue weighted by molar-refractivity contribution is -0.140. The number of para-hydroxylation sites is 2. The van der Waals surface area contributed by atoms with Crippen LogP contribution in [-0.4, -0.2) is 58.0 Å². The molecule has 0 aromatic heterocycles. The highest BCUT2D eigenvalue weighted by Crippen LogP contribution is 2.33. The number of rotatable bonds is 14. The molecule has 1 aliphatic carbocycles. The van der Waals surface area contributed by atoms with Crippen LogP contribution < -0.4 is 19.1 Å². The SMILES string of the molecule is COc1ccc(S(=O)(=O)N(CC(=O)N(Cc2ccccc2)C(Cc2ccccc2)C(=O)NC2CCCCC2)c2ccccc2OC)cc1. The molecule has 1 saturated carbocycles. The number of benzene rings is 4. The van der Waals surface area contributed by atoms with E-state index in [1.165, 1.54) is 31.3 Å². The van der Waals surface area contributed by atoms with Gasteiger partial charge < -0.3 is 19.7 Å². The monoisotopic (exact) mass is 669 g/mol. The Labute approximate surface area is 283 Å². The number of methoxy groups -OCH3 is 2. The van der Waals surface area contributed by atoms with Gasteiger partial charge >= 0.3 is 0 Å². The van der Waals surface area contributed by atoms with Crippen molar-refractivity contribution in [3.8, 4) is 11.5 Å². The summed E-state index contributed by atoms with van der Waals surface area (Å²) in [6.45, 7) is -0.457. The molecule has 0 saturated heterocycles. The average Bonchev–Trinajstić information content (AvgIpc) is 3.13. The van der Waals surface area contributed by atoms with Crippen molar-refractivity contribution in [2.45, 2.75) is 62.0 Å². The van der Waals surface area contributed by atoms with Crippen LogP contribution in [0.3, 0.4) is 0 Å². The normalized spacial score (nSPS) is 14.0. The molecule has 9 nitrogen and oxygen atoms in total. The van der Waals surface area contributed by atoms with Gasteiger partial charge in [0.1, 0.15) is 24.1 Å². The molecule has 48 heavy (non-hydrogen) atoms. The van der Waals surface area contributed by atoms with Crippen LogP contribution in [-0.2, 0) is 32.6 Å². The number of nitrogens with zero attached hydrogens (tertiary/aromatic N) is 2. The summed E-state index contributed by atoms with van der Waals surface area (Å²) in [6, 6.07) is 30.8. The van der Waals surface area contributed by atoms with E-state index in [2.05, 4.69) is 5.32 Å². The van der Waals surface area contributed by atoms with Crippen molar-refractivity contribution >= 4 is 27.5 Å². The number of nitrogens with one attached hydrogen (secondary N) is 1. The predicted molar refractivity (Wildman–Crippen MR) is 186 cm³/mol. The number of anilines is 1. The zero-order valence-corrected chi connectivity index (χ0v) is 28.3. The molecule has 4 aromatic rings. The molecule has 1 fully saturated rings. The van der Waals surface area contributed by atoms with Crippen LogP contribution in [0, 0.1) is 0 Å². The highest BCUT2D eigenvalue weighted by molar-refractivity contribution is 7.92. The molecule has 0 heterocycles. The van der Waals surface area contributed by atoms with Crippen molar-refractivity contribution in [1.82, 2.24) is 10.2 Å². The Bertz CT molecular complexity index is 1740. The summed E-state index contributed by atoms with van der Waals surface area (Å²) in [6.07, 6.45) is 5.25. The van der Waals surface area contributed by atoms with Crippen LogP contribution in [0.2, 0.25) is 0 Å². The van der Waals surface area contributed by atoms with Gasteiger partial charge in [0.25, 0.3) is 10.0 Å². The molecule has 5 rings (SSSR count). The smallest absolute Gasteiger partial charge is 0.264 e. The zero-order chi connectivity index (χ0) is 33.9. The van der Waals surface area contributed by atoms with Crippen LogP contribution in [0.15, 0.2) is 114 Å². The first-order valence-corrected chi connectivity index (χ1v) is 17.7. The van der Waals surface area contributed by atoms with E-state index in [9.17, 15) is 18.0 Å². The topological polar surface area (TPSA) is 105 Å². The molecule has 1 unspecified atom stereocenters. The van der Waals surface area contributed by atoms with E-state index in [1.54, 1.807) is 36.4 Å². The number of carbonyl (C=O) groups is 2. The van der Waals surface area contributed by atoms with E-state index in [4.69, 9.17) is 9.47 Å². The van der Waals surface area contributed by atoms with Crippen LogP contribution in [0.25, 0.3) is 0 Å². The summed E-state index contributed by atoms with van der Waals surface area (Å²) in [5, 5.41) is 3.23. The van der Waals surface area contributed by atoms with Crippen molar-refractivity contribution in [1.29, 1.82) is 0 Å². The van der Waals surface area contributed by atoms with Gasteiger partial charge in [0, 0.05) is 19.0 Å². The van der Waals surface area contributed by atoms with Gasteiger partial charge in [-0.2, -0.15) is 0 Å². The van der Waals surface area contributed by atoms with Crippen LogP contribution in [0.5, 0.6) is 11.5 Å². The lowest BCUT2D eigenvalue weighted by Crippen LogP contribution is -2.55. The zero-order valence-electron chi connectivity index (χ0n) is 27.5. The van der Waals surface area contributed by atoms with Gasteiger partial charge in [-0.1, -0.05) is 92.1 Å². The number of hydrogen-bond donors (Lipinski definition) is 1. The van der Waals surface area contributed by atoms with Crippen molar-refractivity contribution in [3.63, 3.8) is 0 Å². The van der Waals surface area contributed by atoms with Gasteiger partial charge in [0.15, 0.2) is 0 Å².